The van der Waals surface area contributed by atoms with Crippen LogP contribution >= 0.6 is 23.2 Å². The molecule has 1 aromatic heterocycles. The molecule has 0 amide bonds. The molecule has 1 aromatic carbocycles. The van der Waals surface area contributed by atoms with E-state index in [9.17, 15) is 0 Å². The fourth-order valence-corrected chi connectivity index (χ4v) is 2.55. The molecule has 0 aliphatic carbocycles. The second-order valence-corrected chi connectivity index (χ2v) is 5.85. The van der Waals surface area contributed by atoms with Gasteiger partial charge in [-0.05, 0) is 18.2 Å². The maximum absolute atomic E-state index is 6.02. The third-order valence-corrected chi connectivity index (χ3v) is 4.17. The van der Waals surface area contributed by atoms with Crippen LogP contribution in [0.25, 0.3) is 5.69 Å². The van der Waals surface area contributed by atoms with Crippen molar-refractivity contribution in [1.29, 1.82) is 0 Å². The number of nitrogens with one attached hydrogen (secondary N) is 1. The summed E-state index contributed by atoms with van der Waals surface area (Å²) in [4.78, 5) is 0. The summed E-state index contributed by atoms with van der Waals surface area (Å²) in [6.45, 7) is 3.13. The molecule has 5 nitrogen and oxygen atoms in total. The Morgan fingerprint density at radius 2 is 2.23 bits per heavy atom. The Balaban J connectivity index is 1.55. The van der Waals surface area contributed by atoms with Crippen LogP contribution in [0.1, 0.15) is 6.42 Å². The van der Waals surface area contributed by atoms with Gasteiger partial charge in [0.2, 0.25) is 5.88 Å². The van der Waals surface area contributed by atoms with Crippen molar-refractivity contribution in [2.24, 2.45) is 0 Å². The minimum Gasteiger partial charge on any atom is -0.476 e. The number of morpholine rings is 1. The summed E-state index contributed by atoms with van der Waals surface area (Å²) in [7, 11) is 0. The Hall–Kier alpha value is -1.27. The highest BCUT2D eigenvalue weighted by molar-refractivity contribution is 6.42. The average molecular weight is 342 g/mol. The Morgan fingerprint density at radius 1 is 1.32 bits per heavy atom. The molecular formula is C15H17Cl2N3O2. The number of hydrogen-bond acceptors (Lipinski definition) is 4. The summed E-state index contributed by atoms with van der Waals surface area (Å²) in [6.07, 6.45) is 2.88. The summed E-state index contributed by atoms with van der Waals surface area (Å²) in [5.74, 6) is 0.579. The molecule has 2 heterocycles. The molecule has 0 spiro atoms. The largest absolute Gasteiger partial charge is 0.476 e. The predicted molar refractivity (Wildman–Crippen MR) is 86.3 cm³/mol. The quantitative estimate of drug-likeness (QED) is 0.908. The Labute approximate surface area is 139 Å². The summed E-state index contributed by atoms with van der Waals surface area (Å²) in [6, 6.07) is 7.19. The topological polar surface area (TPSA) is 48.3 Å². The van der Waals surface area contributed by atoms with E-state index in [4.69, 9.17) is 32.7 Å². The molecule has 1 saturated heterocycles. The fraction of sp³-hybridized carbons (Fsp3) is 0.400. The Bertz CT molecular complexity index is 627. The van der Waals surface area contributed by atoms with Crippen LogP contribution in [0.5, 0.6) is 5.88 Å². The van der Waals surface area contributed by atoms with Crippen LogP contribution in [0.2, 0.25) is 10.0 Å². The van der Waals surface area contributed by atoms with Crippen molar-refractivity contribution in [3.8, 4) is 11.6 Å². The lowest BCUT2D eigenvalue weighted by Gasteiger charge is -2.23. The van der Waals surface area contributed by atoms with Gasteiger partial charge in [-0.2, -0.15) is 0 Å². The van der Waals surface area contributed by atoms with Crippen LogP contribution in [0.15, 0.2) is 30.5 Å². The molecule has 22 heavy (non-hydrogen) atoms. The molecule has 3 rings (SSSR count). The number of rotatable bonds is 5. The van der Waals surface area contributed by atoms with Crippen molar-refractivity contribution < 1.29 is 9.47 Å². The van der Waals surface area contributed by atoms with Gasteiger partial charge in [0.1, 0.15) is 0 Å². The van der Waals surface area contributed by atoms with Crippen molar-refractivity contribution in [3.63, 3.8) is 0 Å². The molecule has 0 bridgehead atoms. The molecular weight excluding hydrogens is 325 g/mol. The van der Waals surface area contributed by atoms with Crippen LogP contribution in [-0.2, 0) is 4.74 Å². The van der Waals surface area contributed by atoms with Crippen LogP contribution in [0.4, 0.5) is 0 Å². The lowest BCUT2D eigenvalue weighted by atomic mass is 10.2. The van der Waals surface area contributed by atoms with E-state index in [1.807, 2.05) is 18.3 Å². The van der Waals surface area contributed by atoms with Gasteiger partial charge in [0.05, 0.1) is 35.1 Å². The van der Waals surface area contributed by atoms with Gasteiger partial charge in [0, 0.05) is 31.8 Å². The molecule has 1 aliphatic heterocycles. The second kappa shape index (κ2) is 7.33. The molecule has 0 radical (unpaired) electrons. The van der Waals surface area contributed by atoms with Crippen molar-refractivity contribution >= 4 is 23.2 Å². The van der Waals surface area contributed by atoms with E-state index in [1.165, 1.54) is 0 Å². The first-order valence-corrected chi connectivity index (χ1v) is 7.94. The van der Waals surface area contributed by atoms with E-state index in [0.29, 0.717) is 22.5 Å². The zero-order chi connectivity index (χ0) is 15.4. The molecule has 7 heteroatoms. The van der Waals surface area contributed by atoms with Crippen molar-refractivity contribution in [3.05, 3.63) is 40.5 Å². The highest BCUT2D eigenvalue weighted by Crippen LogP contribution is 2.24. The summed E-state index contributed by atoms with van der Waals surface area (Å²) in [5, 5.41) is 8.69. The molecule has 1 atom stereocenters. The van der Waals surface area contributed by atoms with Gasteiger partial charge in [0.25, 0.3) is 0 Å². The zero-order valence-corrected chi connectivity index (χ0v) is 13.5. The number of benzene rings is 1. The van der Waals surface area contributed by atoms with Gasteiger partial charge in [-0.15, -0.1) is 5.10 Å². The number of nitrogens with zero attached hydrogens (tertiary/aromatic N) is 2. The van der Waals surface area contributed by atoms with Gasteiger partial charge in [-0.25, -0.2) is 4.68 Å². The third kappa shape index (κ3) is 3.93. The third-order valence-electron chi connectivity index (χ3n) is 3.43. The normalized spacial score (nSPS) is 18.4. The first kappa shape index (κ1) is 15.6. The zero-order valence-electron chi connectivity index (χ0n) is 12.0. The first-order valence-electron chi connectivity index (χ1n) is 7.18. The molecule has 1 fully saturated rings. The minimum absolute atomic E-state index is 0.214. The monoisotopic (exact) mass is 341 g/mol. The average Bonchev–Trinajstić information content (AvgIpc) is 3.00. The second-order valence-electron chi connectivity index (χ2n) is 5.03. The van der Waals surface area contributed by atoms with Crippen LogP contribution < -0.4 is 10.1 Å². The molecule has 118 valence electrons. The van der Waals surface area contributed by atoms with E-state index in [1.54, 1.807) is 16.8 Å². The smallest absolute Gasteiger partial charge is 0.233 e. The van der Waals surface area contributed by atoms with E-state index < -0.39 is 0 Å². The van der Waals surface area contributed by atoms with Gasteiger partial charge in [-0.3, -0.25) is 0 Å². The minimum atomic E-state index is 0.214. The molecule has 1 aliphatic rings. The summed E-state index contributed by atoms with van der Waals surface area (Å²) >= 11 is 11.9. The van der Waals surface area contributed by atoms with E-state index in [0.717, 1.165) is 31.8 Å². The number of halogens is 2. The van der Waals surface area contributed by atoms with E-state index in [2.05, 4.69) is 10.4 Å². The highest BCUT2D eigenvalue weighted by atomic mass is 35.5. The first-order chi connectivity index (χ1) is 10.7. The van der Waals surface area contributed by atoms with Crippen molar-refractivity contribution in [2.45, 2.75) is 12.5 Å². The maximum atomic E-state index is 6.02. The molecule has 1 unspecified atom stereocenters. The summed E-state index contributed by atoms with van der Waals surface area (Å²) < 4.78 is 13.0. The Kier molecular flexibility index (Phi) is 5.20. The molecule has 2 aromatic rings. The van der Waals surface area contributed by atoms with Gasteiger partial charge >= 0.3 is 0 Å². The summed E-state index contributed by atoms with van der Waals surface area (Å²) in [5.41, 5.74) is 0.837. The van der Waals surface area contributed by atoms with Crippen molar-refractivity contribution in [2.75, 3.05) is 26.3 Å². The van der Waals surface area contributed by atoms with Crippen LogP contribution in [0.3, 0.4) is 0 Å². The van der Waals surface area contributed by atoms with E-state index >= 15 is 0 Å². The lowest BCUT2D eigenvalue weighted by molar-refractivity contribution is 0.0156. The molecule has 0 saturated carbocycles. The molecule has 1 N–H and O–H groups in total. The number of aromatic nitrogens is 2. The maximum Gasteiger partial charge on any atom is 0.233 e. The number of ether oxygens (including phenoxy) is 2. The predicted octanol–water partition coefficient (Wildman–Crippen LogP) is 2.94. The van der Waals surface area contributed by atoms with Crippen LogP contribution in [0, 0.1) is 0 Å². The van der Waals surface area contributed by atoms with E-state index in [-0.39, 0.29) is 6.10 Å². The highest BCUT2D eigenvalue weighted by Gasteiger charge is 2.13. The SMILES string of the molecule is Clc1ccc(-n2ccc(OCCC3CNCCO3)n2)cc1Cl. The van der Waals surface area contributed by atoms with Gasteiger partial charge in [0.15, 0.2) is 0 Å². The van der Waals surface area contributed by atoms with Crippen LogP contribution in [-0.4, -0.2) is 42.2 Å². The lowest BCUT2D eigenvalue weighted by Crippen LogP contribution is -2.39. The van der Waals surface area contributed by atoms with Crippen molar-refractivity contribution in [1.82, 2.24) is 15.1 Å². The Morgan fingerprint density at radius 3 is 3.00 bits per heavy atom. The number of hydrogen-bond donors (Lipinski definition) is 1. The fourth-order valence-electron chi connectivity index (χ4n) is 2.26. The van der Waals surface area contributed by atoms with Gasteiger partial charge < -0.3 is 14.8 Å². The standard InChI is InChI=1S/C15H17Cl2N3O2/c16-13-2-1-11(9-14(13)17)20-6-3-15(19-20)22-7-4-12-10-18-5-8-21-12/h1-3,6,9,12,18H,4-5,7-8,10H2. The van der Waals surface area contributed by atoms with Gasteiger partial charge in [-0.1, -0.05) is 23.2 Å².